The van der Waals surface area contributed by atoms with E-state index in [9.17, 15) is 9.18 Å². The van der Waals surface area contributed by atoms with Crippen LogP contribution in [0, 0.1) is 12.7 Å². The van der Waals surface area contributed by atoms with Crippen LogP contribution >= 0.6 is 0 Å². The number of nitrogen functional groups attached to an aromatic ring is 1. The topological polar surface area (TPSA) is 120 Å². The number of carbonyl (C=O) groups excluding carboxylic acids is 1. The number of hydrogen-bond acceptors (Lipinski definition) is 6. The van der Waals surface area contributed by atoms with Crippen molar-refractivity contribution in [2.24, 2.45) is 5.73 Å². The molecular formula is C11H12FN5O2. The van der Waals surface area contributed by atoms with Crippen LogP contribution in [0.15, 0.2) is 16.7 Å². The molecule has 1 amide bonds. The maximum Gasteiger partial charge on any atom is 0.250 e. The Hall–Kier alpha value is -2.64. The lowest BCUT2D eigenvalue weighted by atomic mass is 10.1. The summed E-state index contributed by atoms with van der Waals surface area (Å²) < 4.78 is 18.5. The summed E-state index contributed by atoms with van der Waals surface area (Å²) in [6.45, 7) is 1.79. The molecule has 0 unspecified atom stereocenters. The minimum Gasteiger partial charge on any atom is -0.398 e. The second-order valence-corrected chi connectivity index (χ2v) is 3.87. The zero-order chi connectivity index (χ0) is 14.0. The van der Waals surface area contributed by atoms with Crippen molar-refractivity contribution in [3.8, 4) is 0 Å². The van der Waals surface area contributed by atoms with Gasteiger partial charge in [0, 0.05) is 5.69 Å². The number of benzene rings is 1. The van der Waals surface area contributed by atoms with Crippen LogP contribution < -0.4 is 16.8 Å². The maximum absolute atomic E-state index is 13.6. The average molecular weight is 265 g/mol. The van der Waals surface area contributed by atoms with Crippen LogP contribution in [0.3, 0.4) is 0 Å². The van der Waals surface area contributed by atoms with E-state index in [1.165, 1.54) is 6.07 Å². The normalized spacial score (nSPS) is 10.4. The van der Waals surface area contributed by atoms with Gasteiger partial charge < -0.3 is 21.3 Å². The highest BCUT2D eigenvalue weighted by Gasteiger charge is 2.12. The first-order chi connectivity index (χ1) is 8.97. The SMILES string of the molecule is Cc1noc(CNc2cc(C(N)=O)c(N)cc2F)n1. The van der Waals surface area contributed by atoms with E-state index in [4.69, 9.17) is 16.0 Å². The van der Waals surface area contributed by atoms with Gasteiger partial charge in [0.2, 0.25) is 5.89 Å². The van der Waals surface area contributed by atoms with Crippen molar-refractivity contribution >= 4 is 17.3 Å². The van der Waals surface area contributed by atoms with Crippen LogP contribution in [-0.4, -0.2) is 16.0 Å². The minimum absolute atomic E-state index is 0.0100. The molecule has 0 radical (unpaired) electrons. The molecule has 100 valence electrons. The van der Waals surface area contributed by atoms with E-state index in [0.717, 1.165) is 6.07 Å². The largest absolute Gasteiger partial charge is 0.398 e. The van der Waals surface area contributed by atoms with Crippen LogP contribution in [-0.2, 0) is 6.54 Å². The molecule has 1 aromatic carbocycles. The molecule has 2 aromatic rings. The van der Waals surface area contributed by atoms with Crippen LogP contribution in [0.2, 0.25) is 0 Å². The molecule has 0 fully saturated rings. The number of aryl methyl sites for hydroxylation is 1. The quantitative estimate of drug-likeness (QED) is 0.703. The molecule has 0 bridgehead atoms. The number of nitrogens with zero attached hydrogens (tertiary/aromatic N) is 2. The smallest absolute Gasteiger partial charge is 0.250 e. The Bertz CT molecular complexity index is 626. The van der Waals surface area contributed by atoms with E-state index >= 15 is 0 Å². The summed E-state index contributed by atoms with van der Waals surface area (Å²) in [7, 11) is 0. The van der Waals surface area contributed by atoms with E-state index in [1.54, 1.807) is 6.92 Å². The number of primary amides is 1. The van der Waals surface area contributed by atoms with Gasteiger partial charge in [-0.1, -0.05) is 5.16 Å². The Kier molecular flexibility index (Phi) is 3.32. The molecular weight excluding hydrogens is 253 g/mol. The van der Waals surface area contributed by atoms with Gasteiger partial charge in [-0.3, -0.25) is 4.79 Å². The molecule has 1 heterocycles. The Labute approximate surface area is 107 Å². The highest BCUT2D eigenvalue weighted by Crippen LogP contribution is 2.22. The van der Waals surface area contributed by atoms with E-state index in [-0.39, 0.29) is 23.5 Å². The number of carbonyl (C=O) groups is 1. The number of hydrogen-bond donors (Lipinski definition) is 3. The summed E-state index contributed by atoms with van der Waals surface area (Å²) in [6, 6.07) is 2.28. The Morgan fingerprint density at radius 3 is 2.84 bits per heavy atom. The molecule has 0 aliphatic carbocycles. The second-order valence-electron chi connectivity index (χ2n) is 3.87. The van der Waals surface area contributed by atoms with E-state index in [1.807, 2.05) is 0 Å². The molecule has 2 rings (SSSR count). The van der Waals surface area contributed by atoms with Gasteiger partial charge in [0.15, 0.2) is 5.82 Å². The second kappa shape index (κ2) is 4.92. The minimum atomic E-state index is -0.728. The molecule has 5 N–H and O–H groups in total. The van der Waals surface area contributed by atoms with Gasteiger partial charge in [-0.2, -0.15) is 4.98 Å². The molecule has 0 saturated carbocycles. The van der Waals surface area contributed by atoms with Crippen LogP contribution in [0.5, 0.6) is 0 Å². The molecule has 19 heavy (non-hydrogen) atoms. The summed E-state index contributed by atoms with van der Waals surface area (Å²) >= 11 is 0. The van der Waals surface area contributed by atoms with Gasteiger partial charge in [0.05, 0.1) is 17.8 Å². The molecule has 1 aromatic heterocycles. The van der Waals surface area contributed by atoms with Crippen molar-refractivity contribution in [3.05, 3.63) is 35.2 Å². The summed E-state index contributed by atoms with van der Waals surface area (Å²) in [6.07, 6.45) is 0. The Morgan fingerprint density at radius 2 is 2.26 bits per heavy atom. The first-order valence-corrected chi connectivity index (χ1v) is 5.39. The van der Waals surface area contributed by atoms with Crippen molar-refractivity contribution in [3.63, 3.8) is 0 Å². The third kappa shape index (κ3) is 2.79. The summed E-state index contributed by atoms with van der Waals surface area (Å²) in [5.41, 5.74) is 10.7. The number of amides is 1. The lowest BCUT2D eigenvalue weighted by Crippen LogP contribution is -2.15. The third-order valence-electron chi connectivity index (χ3n) is 2.40. The Balaban J connectivity index is 2.20. The summed E-state index contributed by atoms with van der Waals surface area (Å²) in [4.78, 5) is 15.1. The number of rotatable bonds is 4. The highest BCUT2D eigenvalue weighted by molar-refractivity contribution is 5.99. The number of anilines is 2. The maximum atomic E-state index is 13.6. The van der Waals surface area contributed by atoms with Crippen LogP contribution in [0.4, 0.5) is 15.8 Å². The predicted molar refractivity (Wildman–Crippen MR) is 65.7 cm³/mol. The summed E-state index contributed by atoms with van der Waals surface area (Å²) in [5, 5.41) is 6.33. The predicted octanol–water partition coefficient (Wildman–Crippen LogP) is 0.810. The number of halogens is 1. The number of aromatic nitrogens is 2. The molecule has 0 atom stereocenters. The van der Waals surface area contributed by atoms with Gasteiger partial charge in [-0.25, -0.2) is 4.39 Å². The average Bonchev–Trinajstić information content (AvgIpc) is 2.73. The molecule has 0 aliphatic heterocycles. The van der Waals surface area contributed by atoms with Gasteiger partial charge in [0.25, 0.3) is 5.91 Å². The van der Waals surface area contributed by atoms with Crippen LogP contribution in [0.25, 0.3) is 0 Å². The van der Waals surface area contributed by atoms with Crippen molar-refractivity contribution in [2.45, 2.75) is 13.5 Å². The fourth-order valence-electron chi connectivity index (χ4n) is 1.52. The summed E-state index contributed by atoms with van der Waals surface area (Å²) in [5.74, 6) is -0.547. The first kappa shape index (κ1) is 12.8. The fraction of sp³-hybridized carbons (Fsp3) is 0.182. The Morgan fingerprint density at radius 1 is 1.53 bits per heavy atom. The standard InChI is InChI=1S/C11H12FN5O2/c1-5-16-10(19-17-5)4-15-9-2-6(11(14)18)8(13)3-7(9)12/h2-3,15H,4,13H2,1H3,(H2,14,18). The van der Waals surface area contributed by atoms with Gasteiger partial charge >= 0.3 is 0 Å². The lowest BCUT2D eigenvalue weighted by molar-refractivity contribution is 0.100. The van der Waals surface area contributed by atoms with Crippen molar-refractivity contribution in [1.29, 1.82) is 0 Å². The monoisotopic (exact) mass is 265 g/mol. The van der Waals surface area contributed by atoms with E-state index in [0.29, 0.717) is 11.7 Å². The van der Waals surface area contributed by atoms with E-state index in [2.05, 4.69) is 15.5 Å². The number of nitrogens with one attached hydrogen (secondary N) is 1. The first-order valence-electron chi connectivity index (χ1n) is 5.39. The zero-order valence-corrected chi connectivity index (χ0v) is 10.1. The highest BCUT2D eigenvalue weighted by atomic mass is 19.1. The third-order valence-corrected chi connectivity index (χ3v) is 2.40. The van der Waals surface area contributed by atoms with Gasteiger partial charge in [-0.15, -0.1) is 0 Å². The van der Waals surface area contributed by atoms with Crippen molar-refractivity contribution in [2.75, 3.05) is 11.1 Å². The van der Waals surface area contributed by atoms with Gasteiger partial charge in [0.1, 0.15) is 5.82 Å². The number of nitrogens with two attached hydrogens (primary N) is 2. The van der Waals surface area contributed by atoms with E-state index < -0.39 is 11.7 Å². The molecule has 0 saturated heterocycles. The van der Waals surface area contributed by atoms with Crippen LogP contribution in [0.1, 0.15) is 22.1 Å². The zero-order valence-electron chi connectivity index (χ0n) is 10.1. The fourth-order valence-corrected chi connectivity index (χ4v) is 1.52. The lowest BCUT2D eigenvalue weighted by Gasteiger charge is -2.08. The molecule has 7 nitrogen and oxygen atoms in total. The van der Waals surface area contributed by atoms with Crippen molar-refractivity contribution < 1.29 is 13.7 Å². The molecule has 0 aliphatic rings. The molecule has 0 spiro atoms. The van der Waals surface area contributed by atoms with Crippen molar-refractivity contribution in [1.82, 2.24) is 10.1 Å². The van der Waals surface area contributed by atoms with Gasteiger partial charge in [-0.05, 0) is 19.1 Å². The molecule has 8 heteroatoms.